The number of ether oxygens (including phenoxy) is 1. The lowest BCUT2D eigenvalue weighted by Crippen LogP contribution is -2.28. The highest BCUT2D eigenvalue weighted by Gasteiger charge is 2.15. The van der Waals surface area contributed by atoms with Gasteiger partial charge in [0.1, 0.15) is 11.4 Å². The van der Waals surface area contributed by atoms with Gasteiger partial charge < -0.3 is 25.7 Å². The van der Waals surface area contributed by atoms with Crippen LogP contribution in [0.15, 0.2) is 47.5 Å². The summed E-state index contributed by atoms with van der Waals surface area (Å²) in [7, 11) is 5.63. The summed E-state index contributed by atoms with van der Waals surface area (Å²) in [6.45, 7) is 0.851. The SMILES string of the molecule is CNC(N)=NC(=O)c1cc2c(Cl)ccc(Oc3ccc(CN(C)C)cc3)c2[nH]1.Cl.Cl. The maximum Gasteiger partial charge on any atom is 0.296 e. The molecule has 0 saturated heterocycles. The predicted molar refractivity (Wildman–Crippen MR) is 127 cm³/mol. The Balaban J connectivity index is 0.00000225. The Labute approximate surface area is 192 Å². The predicted octanol–water partition coefficient (Wildman–Crippen LogP) is 4.19. The number of H-pyrrole nitrogens is 1. The fourth-order valence-corrected chi connectivity index (χ4v) is 2.95. The number of amides is 1. The molecule has 0 bridgehead atoms. The van der Waals surface area contributed by atoms with Crippen LogP contribution in [-0.2, 0) is 6.54 Å². The fourth-order valence-electron chi connectivity index (χ4n) is 2.74. The van der Waals surface area contributed by atoms with Crippen LogP contribution in [0.4, 0.5) is 0 Å². The molecule has 7 nitrogen and oxygen atoms in total. The lowest BCUT2D eigenvalue weighted by Gasteiger charge is -2.11. The summed E-state index contributed by atoms with van der Waals surface area (Å²) in [5, 5.41) is 3.79. The molecule has 0 aliphatic carbocycles. The Bertz CT molecular complexity index is 1030. The molecule has 30 heavy (non-hydrogen) atoms. The second-order valence-electron chi connectivity index (χ2n) is 6.55. The monoisotopic (exact) mass is 471 g/mol. The van der Waals surface area contributed by atoms with Gasteiger partial charge >= 0.3 is 0 Å². The third-order valence-corrected chi connectivity index (χ3v) is 4.39. The van der Waals surface area contributed by atoms with Gasteiger partial charge in [0.05, 0.1) is 10.5 Å². The van der Waals surface area contributed by atoms with Gasteiger partial charge in [-0.1, -0.05) is 23.7 Å². The molecule has 0 atom stereocenters. The molecular formula is C20H24Cl3N5O2. The Morgan fingerprint density at radius 2 is 1.87 bits per heavy atom. The van der Waals surface area contributed by atoms with Crippen molar-refractivity contribution in [2.75, 3.05) is 21.1 Å². The molecule has 10 heteroatoms. The molecule has 1 amide bonds. The number of nitrogens with zero attached hydrogens (tertiary/aromatic N) is 2. The number of halogens is 3. The van der Waals surface area contributed by atoms with Gasteiger partial charge in [0.15, 0.2) is 11.7 Å². The molecule has 0 spiro atoms. The summed E-state index contributed by atoms with van der Waals surface area (Å²) in [5.41, 5.74) is 7.63. The molecule has 3 aromatic rings. The van der Waals surface area contributed by atoms with Crippen molar-refractivity contribution < 1.29 is 9.53 Å². The summed E-state index contributed by atoms with van der Waals surface area (Å²) >= 11 is 6.29. The topological polar surface area (TPSA) is 95.7 Å². The van der Waals surface area contributed by atoms with Crippen LogP contribution < -0.4 is 15.8 Å². The molecule has 0 saturated carbocycles. The molecule has 0 fully saturated rings. The first-order valence-electron chi connectivity index (χ1n) is 8.66. The lowest BCUT2D eigenvalue weighted by atomic mass is 10.2. The van der Waals surface area contributed by atoms with E-state index in [1.54, 1.807) is 25.2 Å². The van der Waals surface area contributed by atoms with Gasteiger partial charge in [-0.25, -0.2) is 0 Å². The van der Waals surface area contributed by atoms with Crippen molar-refractivity contribution in [1.29, 1.82) is 0 Å². The van der Waals surface area contributed by atoms with E-state index in [0.29, 0.717) is 27.4 Å². The first-order valence-corrected chi connectivity index (χ1v) is 9.04. The zero-order valence-corrected chi connectivity index (χ0v) is 19.1. The Hall–Kier alpha value is -2.45. The molecule has 1 heterocycles. The first kappa shape index (κ1) is 25.6. The molecule has 162 valence electrons. The minimum atomic E-state index is -0.502. The van der Waals surface area contributed by atoms with Crippen LogP contribution in [0.5, 0.6) is 11.5 Å². The van der Waals surface area contributed by atoms with Crippen molar-refractivity contribution >= 4 is 59.2 Å². The van der Waals surface area contributed by atoms with E-state index < -0.39 is 5.91 Å². The molecular weight excluding hydrogens is 449 g/mol. The Morgan fingerprint density at radius 1 is 1.20 bits per heavy atom. The Morgan fingerprint density at radius 3 is 2.47 bits per heavy atom. The molecule has 4 N–H and O–H groups in total. The maximum absolute atomic E-state index is 12.3. The van der Waals surface area contributed by atoms with Gasteiger partial charge in [-0.3, -0.25) is 4.79 Å². The average molecular weight is 473 g/mol. The number of rotatable bonds is 5. The van der Waals surface area contributed by atoms with Crippen LogP contribution in [0.2, 0.25) is 5.02 Å². The molecule has 3 rings (SSSR count). The first-order chi connectivity index (χ1) is 13.4. The molecule has 0 radical (unpaired) electrons. The quantitative estimate of drug-likeness (QED) is 0.382. The Kier molecular flexibility index (Phi) is 9.45. The van der Waals surface area contributed by atoms with E-state index >= 15 is 0 Å². The van der Waals surface area contributed by atoms with Crippen LogP contribution >= 0.6 is 36.4 Å². The number of aromatic nitrogens is 1. The van der Waals surface area contributed by atoms with Crippen LogP contribution in [-0.4, -0.2) is 42.9 Å². The van der Waals surface area contributed by atoms with E-state index in [1.807, 2.05) is 38.4 Å². The zero-order valence-electron chi connectivity index (χ0n) is 16.7. The number of hydrogen-bond acceptors (Lipinski definition) is 3. The van der Waals surface area contributed by atoms with Crippen molar-refractivity contribution in [3.63, 3.8) is 0 Å². The van der Waals surface area contributed by atoms with Crippen LogP contribution in [0.25, 0.3) is 10.9 Å². The number of carbonyl (C=O) groups is 1. The highest BCUT2D eigenvalue weighted by atomic mass is 35.5. The van der Waals surface area contributed by atoms with Crippen molar-refractivity contribution in [2.24, 2.45) is 10.7 Å². The highest BCUT2D eigenvalue weighted by Crippen LogP contribution is 2.34. The smallest absolute Gasteiger partial charge is 0.296 e. The lowest BCUT2D eigenvalue weighted by molar-refractivity contribution is 0.0998. The third-order valence-electron chi connectivity index (χ3n) is 4.06. The fraction of sp³-hybridized carbons (Fsp3) is 0.200. The van der Waals surface area contributed by atoms with E-state index in [2.05, 4.69) is 20.2 Å². The van der Waals surface area contributed by atoms with Gasteiger partial charge in [-0.05, 0) is 50.0 Å². The van der Waals surface area contributed by atoms with Crippen molar-refractivity contribution in [3.05, 3.63) is 58.7 Å². The van der Waals surface area contributed by atoms with Crippen LogP contribution in [0.3, 0.4) is 0 Å². The van der Waals surface area contributed by atoms with E-state index in [1.165, 1.54) is 5.56 Å². The summed E-state index contributed by atoms with van der Waals surface area (Å²) < 4.78 is 6.01. The molecule has 1 aromatic heterocycles. The summed E-state index contributed by atoms with van der Waals surface area (Å²) in [6.07, 6.45) is 0. The van der Waals surface area contributed by atoms with Gasteiger partial charge in [0.2, 0.25) is 0 Å². The van der Waals surface area contributed by atoms with Crippen molar-refractivity contribution in [1.82, 2.24) is 15.2 Å². The van der Waals surface area contributed by atoms with Crippen LogP contribution in [0.1, 0.15) is 16.1 Å². The maximum atomic E-state index is 12.3. The summed E-state index contributed by atoms with van der Waals surface area (Å²) in [4.78, 5) is 21.2. The zero-order chi connectivity index (χ0) is 20.3. The van der Waals surface area contributed by atoms with E-state index in [4.69, 9.17) is 22.1 Å². The number of nitrogens with two attached hydrogens (primary N) is 1. The summed E-state index contributed by atoms with van der Waals surface area (Å²) in [6, 6.07) is 13.0. The third kappa shape index (κ3) is 6.03. The standard InChI is InChI=1S/C20H22ClN5O2.2ClH/c1-23-20(22)25-19(27)16-10-14-15(21)8-9-17(18(14)24-16)28-13-6-4-12(5-7-13)11-26(2)3;;/h4-10,24H,11H2,1-3H3,(H3,22,23,25,27);2*1H. The number of benzene rings is 2. The van der Waals surface area contributed by atoms with Crippen LogP contribution in [0, 0.1) is 0 Å². The minimum absolute atomic E-state index is 0. The molecule has 0 unspecified atom stereocenters. The molecule has 2 aromatic carbocycles. The van der Waals surface area contributed by atoms with Crippen molar-refractivity contribution in [3.8, 4) is 11.5 Å². The van der Waals surface area contributed by atoms with E-state index in [9.17, 15) is 4.79 Å². The molecule has 0 aliphatic rings. The number of fused-ring (bicyclic) bond motifs is 1. The largest absolute Gasteiger partial charge is 0.455 e. The second kappa shape index (κ2) is 11.1. The highest BCUT2D eigenvalue weighted by molar-refractivity contribution is 6.35. The van der Waals surface area contributed by atoms with Gasteiger partial charge in [0.25, 0.3) is 5.91 Å². The second-order valence-corrected chi connectivity index (χ2v) is 6.96. The minimum Gasteiger partial charge on any atom is -0.455 e. The number of guanidine groups is 1. The van der Waals surface area contributed by atoms with Crippen molar-refractivity contribution in [2.45, 2.75) is 6.54 Å². The molecule has 0 aliphatic heterocycles. The van der Waals surface area contributed by atoms with Gasteiger partial charge in [0, 0.05) is 19.0 Å². The van der Waals surface area contributed by atoms with E-state index in [0.717, 1.165) is 6.54 Å². The number of nitrogens with one attached hydrogen (secondary N) is 2. The normalized spacial score (nSPS) is 11.0. The summed E-state index contributed by atoms with van der Waals surface area (Å²) in [5.74, 6) is 0.776. The number of aromatic amines is 1. The average Bonchev–Trinajstić information content (AvgIpc) is 3.12. The number of aliphatic imine (C=N–C) groups is 1. The van der Waals surface area contributed by atoms with Gasteiger partial charge in [-0.2, -0.15) is 4.99 Å². The number of carbonyl (C=O) groups excluding carboxylic acids is 1. The van der Waals surface area contributed by atoms with E-state index in [-0.39, 0.29) is 36.5 Å². The van der Waals surface area contributed by atoms with Gasteiger partial charge in [-0.15, -0.1) is 24.8 Å². The number of hydrogen-bond donors (Lipinski definition) is 3.